The van der Waals surface area contributed by atoms with Crippen LogP contribution in [0.3, 0.4) is 0 Å². The summed E-state index contributed by atoms with van der Waals surface area (Å²) in [7, 11) is 0. The van der Waals surface area contributed by atoms with Crippen LogP contribution >= 0.6 is 12.2 Å². The minimum absolute atomic E-state index is 0.0370. The minimum atomic E-state index is -0.347. The third kappa shape index (κ3) is 2.83. The lowest BCUT2D eigenvalue weighted by Gasteiger charge is -2.32. The van der Waals surface area contributed by atoms with Crippen LogP contribution in [0.4, 0.5) is 0 Å². The lowest BCUT2D eigenvalue weighted by atomic mass is 10.2. The van der Waals surface area contributed by atoms with Crippen molar-refractivity contribution in [3.05, 3.63) is 29.6 Å². The van der Waals surface area contributed by atoms with Gasteiger partial charge in [0.2, 0.25) is 0 Å². The van der Waals surface area contributed by atoms with Gasteiger partial charge in [0.25, 0.3) is 5.91 Å². The zero-order chi connectivity index (χ0) is 13.1. The first-order chi connectivity index (χ1) is 8.58. The van der Waals surface area contributed by atoms with E-state index in [-0.39, 0.29) is 12.0 Å². The number of carbonyl (C=O) groups is 1. The Morgan fingerprint density at radius 3 is 3.11 bits per heavy atom. The van der Waals surface area contributed by atoms with Crippen LogP contribution in [-0.4, -0.2) is 46.6 Å². The summed E-state index contributed by atoms with van der Waals surface area (Å²) in [5.41, 5.74) is 7.00. The lowest BCUT2D eigenvalue weighted by molar-refractivity contribution is 0.00878. The number of thiocarbonyl (C=S) groups is 1. The van der Waals surface area contributed by atoms with E-state index in [4.69, 9.17) is 22.7 Å². The summed E-state index contributed by atoms with van der Waals surface area (Å²) in [6.45, 7) is 3.28. The van der Waals surface area contributed by atoms with Crippen molar-refractivity contribution in [2.24, 2.45) is 5.73 Å². The van der Waals surface area contributed by atoms with Gasteiger partial charge in [-0.1, -0.05) is 12.2 Å². The Morgan fingerprint density at radius 2 is 2.44 bits per heavy atom. The van der Waals surface area contributed by atoms with Crippen LogP contribution in [0.1, 0.15) is 16.1 Å². The molecule has 1 amide bonds. The van der Waals surface area contributed by atoms with Gasteiger partial charge in [0.1, 0.15) is 11.1 Å². The molecule has 1 aliphatic rings. The van der Waals surface area contributed by atoms with Crippen molar-refractivity contribution < 1.29 is 9.53 Å². The maximum atomic E-state index is 12.3. The number of ether oxygens (including phenoxy) is 1. The second kappa shape index (κ2) is 5.41. The smallest absolute Gasteiger partial charge is 0.254 e. The number of morpholine rings is 1. The Morgan fingerprint density at radius 1 is 1.67 bits per heavy atom. The van der Waals surface area contributed by atoms with Gasteiger partial charge in [-0.2, -0.15) is 0 Å². The quantitative estimate of drug-likeness (QED) is 0.789. The number of carbonyl (C=O) groups excluding carboxylic acids is 1. The van der Waals surface area contributed by atoms with Crippen molar-refractivity contribution in [2.75, 3.05) is 19.7 Å². The average molecular weight is 265 g/mol. The number of hydrogen-bond acceptors (Lipinski definition) is 4. The largest absolute Gasteiger partial charge is 0.391 e. The van der Waals surface area contributed by atoms with E-state index in [9.17, 15) is 4.79 Å². The molecular formula is C12H15N3O2S. The number of nitrogens with two attached hydrogens (primary N) is 1. The van der Waals surface area contributed by atoms with E-state index in [2.05, 4.69) is 4.98 Å². The molecule has 2 heterocycles. The first-order valence-corrected chi connectivity index (χ1v) is 6.11. The molecule has 1 fully saturated rings. The van der Waals surface area contributed by atoms with Crippen molar-refractivity contribution in [2.45, 2.75) is 13.0 Å². The molecule has 1 aliphatic heterocycles. The molecule has 0 bridgehead atoms. The summed E-state index contributed by atoms with van der Waals surface area (Å²) >= 11 is 4.90. The van der Waals surface area contributed by atoms with E-state index in [1.165, 1.54) is 0 Å². The number of nitrogens with zero attached hydrogens (tertiary/aromatic N) is 2. The molecule has 96 valence electrons. The predicted octanol–water partition coefficient (Wildman–Crippen LogP) is 0.517. The number of pyridine rings is 1. The SMILES string of the molecule is Cc1cc(C(=O)N2CCOC(C(N)=S)C2)ccn1. The molecule has 18 heavy (non-hydrogen) atoms. The number of hydrogen-bond donors (Lipinski definition) is 1. The average Bonchev–Trinajstić information content (AvgIpc) is 2.38. The number of aromatic nitrogens is 1. The van der Waals surface area contributed by atoms with Gasteiger partial charge in [-0.15, -0.1) is 0 Å². The van der Waals surface area contributed by atoms with Crippen LogP contribution < -0.4 is 5.73 Å². The third-order valence-corrected chi connectivity index (χ3v) is 3.08. The molecule has 1 unspecified atom stereocenters. The van der Waals surface area contributed by atoms with Crippen molar-refractivity contribution in [1.29, 1.82) is 0 Å². The molecule has 1 aromatic heterocycles. The fourth-order valence-electron chi connectivity index (χ4n) is 1.87. The van der Waals surface area contributed by atoms with Crippen LogP contribution in [0, 0.1) is 6.92 Å². The molecule has 1 atom stereocenters. The first-order valence-electron chi connectivity index (χ1n) is 5.71. The van der Waals surface area contributed by atoms with Gasteiger partial charge in [-0.3, -0.25) is 9.78 Å². The molecule has 1 saturated heterocycles. The normalized spacial score (nSPS) is 19.6. The highest BCUT2D eigenvalue weighted by molar-refractivity contribution is 7.80. The Balaban J connectivity index is 2.11. The fraction of sp³-hybridized carbons (Fsp3) is 0.417. The zero-order valence-electron chi connectivity index (χ0n) is 10.1. The highest BCUT2D eigenvalue weighted by Gasteiger charge is 2.26. The van der Waals surface area contributed by atoms with Crippen molar-refractivity contribution in [3.8, 4) is 0 Å². The van der Waals surface area contributed by atoms with E-state index < -0.39 is 0 Å². The van der Waals surface area contributed by atoms with Crippen molar-refractivity contribution in [3.63, 3.8) is 0 Å². The van der Waals surface area contributed by atoms with Crippen LogP contribution in [0.5, 0.6) is 0 Å². The highest BCUT2D eigenvalue weighted by atomic mass is 32.1. The molecule has 0 aliphatic carbocycles. The van der Waals surface area contributed by atoms with Gasteiger partial charge < -0.3 is 15.4 Å². The molecule has 1 aromatic rings. The second-order valence-corrected chi connectivity index (χ2v) is 4.67. The van der Waals surface area contributed by atoms with Crippen molar-refractivity contribution in [1.82, 2.24) is 9.88 Å². The van der Waals surface area contributed by atoms with E-state index in [0.29, 0.717) is 30.2 Å². The van der Waals surface area contributed by atoms with Gasteiger partial charge >= 0.3 is 0 Å². The molecule has 0 spiro atoms. The van der Waals surface area contributed by atoms with Crippen LogP contribution in [0.25, 0.3) is 0 Å². The second-order valence-electron chi connectivity index (χ2n) is 4.20. The maximum absolute atomic E-state index is 12.3. The minimum Gasteiger partial charge on any atom is -0.391 e. The van der Waals surface area contributed by atoms with E-state index in [1.54, 1.807) is 23.2 Å². The Labute approximate surface area is 111 Å². The maximum Gasteiger partial charge on any atom is 0.254 e. The van der Waals surface area contributed by atoms with Crippen LogP contribution in [0.2, 0.25) is 0 Å². The predicted molar refractivity (Wildman–Crippen MR) is 71.4 cm³/mol. The molecule has 2 N–H and O–H groups in total. The summed E-state index contributed by atoms with van der Waals surface area (Å²) in [4.78, 5) is 18.4. The Hall–Kier alpha value is -1.53. The van der Waals surface area contributed by atoms with E-state index in [1.807, 2.05) is 6.92 Å². The van der Waals surface area contributed by atoms with Crippen LogP contribution in [0.15, 0.2) is 18.3 Å². The highest BCUT2D eigenvalue weighted by Crippen LogP contribution is 2.11. The topological polar surface area (TPSA) is 68.5 Å². The Kier molecular flexibility index (Phi) is 3.88. The fourth-order valence-corrected chi connectivity index (χ4v) is 2.01. The summed E-state index contributed by atoms with van der Waals surface area (Å²) in [6.07, 6.45) is 1.29. The van der Waals surface area contributed by atoms with Gasteiger partial charge in [-0.05, 0) is 19.1 Å². The standard InChI is InChI=1S/C12H15N3O2S/c1-8-6-9(2-3-14-8)12(16)15-4-5-17-10(7-15)11(13)18/h2-3,6,10H,4-5,7H2,1H3,(H2,13,18). The number of amides is 1. The van der Waals surface area contributed by atoms with Gasteiger partial charge in [0.15, 0.2) is 0 Å². The van der Waals surface area contributed by atoms with E-state index >= 15 is 0 Å². The van der Waals surface area contributed by atoms with Crippen LogP contribution in [-0.2, 0) is 4.74 Å². The molecular weight excluding hydrogens is 250 g/mol. The summed E-state index contributed by atoms with van der Waals surface area (Å²) < 4.78 is 5.41. The number of rotatable bonds is 2. The first kappa shape index (κ1) is 12.9. The third-order valence-electron chi connectivity index (χ3n) is 2.81. The molecule has 0 radical (unpaired) electrons. The molecule has 6 heteroatoms. The summed E-state index contributed by atoms with van der Waals surface area (Å²) in [6, 6.07) is 3.48. The molecule has 2 rings (SSSR count). The lowest BCUT2D eigenvalue weighted by Crippen LogP contribution is -2.49. The monoisotopic (exact) mass is 265 g/mol. The summed E-state index contributed by atoms with van der Waals surface area (Å²) in [5, 5.41) is 0. The van der Waals surface area contributed by atoms with Crippen molar-refractivity contribution >= 4 is 23.1 Å². The number of aryl methyl sites for hydroxylation is 1. The molecule has 0 saturated carbocycles. The molecule has 0 aromatic carbocycles. The van der Waals surface area contributed by atoms with Gasteiger partial charge in [-0.25, -0.2) is 0 Å². The Bertz CT molecular complexity index is 478. The van der Waals surface area contributed by atoms with Gasteiger partial charge in [0.05, 0.1) is 13.2 Å². The van der Waals surface area contributed by atoms with E-state index in [0.717, 1.165) is 5.69 Å². The summed E-state index contributed by atoms with van der Waals surface area (Å²) in [5.74, 6) is -0.0370. The zero-order valence-corrected chi connectivity index (χ0v) is 10.9. The van der Waals surface area contributed by atoms with Gasteiger partial charge in [0, 0.05) is 24.0 Å². The molecule has 5 nitrogen and oxygen atoms in total.